The number of rotatable bonds is 4. The topological polar surface area (TPSA) is 109 Å². The lowest BCUT2D eigenvalue weighted by Gasteiger charge is -2.30. The summed E-state index contributed by atoms with van der Waals surface area (Å²) in [5.74, 6) is -0.0670. The number of para-hydroxylation sites is 1. The van der Waals surface area contributed by atoms with Crippen LogP contribution in [0.15, 0.2) is 47.3 Å². The lowest BCUT2D eigenvalue weighted by Crippen LogP contribution is -2.36. The van der Waals surface area contributed by atoms with Crippen molar-refractivity contribution in [3.8, 4) is 0 Å². The van der Waals surface area contributed by atoms with E-state index < -0.39 is 5.91 Å². The molecule has 1 aliphatic heterocycles. The van der Waals surface area contributed by atoms with Crippen molar-refractivity contribution in [3.63, 3.8) is 0 Å². The van der Waals surface area contributed by atoms with Crippen LogP contribution in [0.1, 0.15) is 34.6 Å². The van der Waals surface area contributed by atoms with Gasteiger partial charge < -0.3 is 15.6 Å². The summed E-state index contributed by atoms with van der Waals surface area (Å²) in [5.41, 5.74) is 7.91. The Bertz CT molecular complexity index is 1140. The van der Waals surface area contributed by atoms with E-state index in [0.717, 1.165) is 24.1 Å². The smallest absolute Gasteiger partial charge is 0.258 e. The number of aromatic amines is 1. The number of primary amides is 1. The first-order valence-electron chi connectivity index (χ1n) is 9.24. The minimum absolute atomic E-state index is 0.0709. The number of aryl methyl sites for hydroxylation is 1. The van der Waals surface area contributed by atoms with Crippen molar-refractivity contribution < 1.29 is 9.59 Å². The Kier molecular flexibility index (Phi) is 4.65. The highest BCUT2D eigenvalue weighted by Gasteiger charge is 2.25. The van der Waals surface area contributed by atoms with Crippen LogP contribution >= 0.6 is 0 Å². The molecule has 0 spiro atoms. The van der Waals surface area contributed by atoms with Gasteiger partial charge in [-0.05, 0) is 42.7 Å². The summed E-state index contributed by atoms with van der Waals surface area (Å²) in [7, 11) is 0. The Balaban J connectivity index is 1.55. The lowest BCUT2D eigenvalue weighted by molar-refractivity contribution is -0.118. The number of nitrogens with one attached hydrogen (secondary N) is 1. The molecule has 1 aromatic heterocycles. The number of fused-ring (bicyclic) bond motifs is 2. The maximum absolute atomic E-state index is 12.9. The molecular weight excluding hydrogens is 356 g/mol. The summed E-state index contributed by atoms with van der Waals surface area (Å²) in [6, 6.07) is 12.4. The van der Waals surface area contributed by atoms with Crippen LogP contribution in [0.5, 0.6) is 0 Å². The zero-order valence-electron chi connectivity index (χ0n) is 15.3. The summed E-state index contributed by atoms with van der Waals surface area (Å²) >= 11 is 0. The first-order valence-corrected chi connectivity index (χ1v) is 9.24. The SMILES string of the molecule is NC(=O)c1cccc2c1CCCN2C(=O)CCc1nc2ccccc2c(=O)[nH]1. The minimum atomic E-state index is -0.482. The standard InChI is InChI=1S/C21H20N4O3/c22-20(27)14-6-3-9-17-13(14)7-4-12-25(17)19(26)11-10-18-23-16-8-2-1-5-15(16)21(28)24-18/h1-3,5-6,8-9H,4,7,10-12H2,(H2,22,27)(H,23,24,28). The van der Waals surface area contributed by atoms with Gasteiger partial charge in [-0.3, -0.25) is 14.4 Å². The maximum Gasteiger partial charge on any atom is 0.258 e. The van der Waals surface area contributed by atoms with Crippen molar-refractivity contribution in [3.05, 3.63) is 69.8 Å². The predicted molar refractivity (Wildman–Crippen MR) is 106 cm³/mol. The van der Waals surface area contributed by atoms with Gasteiger partial charge in [0.2, 0.25) is 11.8 Å². The van der Waals surface area contributed by atoms with E-state index in [1.165, 1.54) is 0 Å². The van der Waals surface area contributed by atoms with Gasteiger partial charge in [-0.15, -0.1) is 0 Å². The summed E-state index contributed by atoms with van der Waals surface area (Å²) in [4.78, 5) is 45.6. The third kappa shape index (κ3) is 3.26. The molecule has 0 unspecified atom stereocenters. The lowest BCUT2D eigenvalue weighted by atomic mass is 9.95. The van der Waals surface area contributed by atoms with Gasteiger partial charge in [0.05, 0.1) is 10.9 Å². The van der Waals surface area contributed by atoms with Crippen LogP contribution in [0.3, 0.4) is 0 Å². The van der Waals surface area contributed by atoms with Crippen LogP contribution in [0.4, 0.5) is 5.69 Å². The number of benzene rings is 2. The first-order chi connectivity index (χ1) is 13.5. The van der Waals surface area contributed by atoms with Crippen LogP contribution < -0.4 is 16.2 Å². The quantitative estimate of drug-likeness (QED) is 0.725. The molecule has 0 fully saturated rings. The fourth-order valence-corrected chi connectivity index (χ4v) is 3.73. The van der Waals surface area contributed by atoms with Crippen molar-refractivity contribution in [1.29, 1.82) is 0 Å². The highest BCUT2D eigenvalue weighted by Crippen LogP contribution is 2.30. The monoisotopic (exact) mass is 376 g/mol. The van der Waals surface area contributed by atoms with E-state index in [2.05, 4.69) is 9.97 Å². The van der Waals surface area contributed by atoms with Crippen LogP contribution in [0.2, 0.25) is 0 Å². The molecule has 0 saturated heterocycles. The molecular formula is C21H20N4O3. The van der Waals surface area contributed by atoms with Gasteiger partial charge in [-0.1, -0.05) is 18.2 Å². The van der Waals surface area contributed by atoms with Crippen molar-refractivity contribution in [2.24, 2.45) is 5.73 Å². The normalized spacial score (nSPS) is 13.4. The Hall–Kier alpha value is -3.48. The number of carbonyl (C=O) groups excluding carboxylic acids is 2. The second kappa shape index (κ2) is 7.26. The van der Waals surface area contributed by atoms with Gasteiger partial charge in [0, 0.05) is 30.6 Å². The summed E-state index contributed by atoms with van der Waals surface area (Å²) in [5, 5.41) is 0.529. The van der Waals surface area contributed by atoms with Crippen molar-refractivity contribution in [1.82, 2.24) is 9.97 Å². The molecule has 2 amide bonds. The molecule has 4 rings (SSSR count). The van der Waals surface area contributed by atoms with E-state index in [1.807, 2.05) is 12.1 Å². The molecule has 7 nitrogen and oxygen atoms in total. The molecule has 1 aliphatic rings. The number of nitrogens with two attached hydrogens (primary N) is 1. The van der Waals surface area contributed by atoms with Crippen LogP contribution in [-0.4, -0.2) is 28.3 Å². The third-order valence-electron chi connectivity index (χ3n) is 5.05. The number of H-pyrrole nitrogens is 1. The number of hydrogen-bond donors (Lipinski definition) is 2. The van der Waals surface area contributed by atoms with Crippen LogP contribution in [0.25, 0.3) is 10.9 Å². The second-order valence-corrected chi connectivity index (χ2v) is 6.85. The number of carbonyl (C=O) groups is 2. The number of amides is 2. The maximum atomic E-state index is 12.9. The Morgan fingerprint density at radius 3 is 2.79 bits per heavy atom. The molecule has 7 heteroatoms. The zero-order chi connectivity index (χ0) is 19.7. The Morgan fingerprint density at radius 2 is 1.96 bits per heavy atom. The highest BCUT2D eigenvalue weighted by atomic mass is 16.2. The summed E-state index contributed by atoms with van der Waals surface area (Å²) < 4.78 is 0. The zero-order valence-corrected chi connectivity index (χ0v) is 15.3. The van der Waals surface area contributed by atoms with E-state index in [9.17, 15) is 14.4 Å². The van der Waals surface area contributed by atoms with Gasteiger partial charge in [-0.25, -0.2) is 4.98 Å². The fourth-order valence-electron chi connectivity index (χ4n) is 3.73. The molecule has 0 radical (unpaired) electrons. The van der Waals surface area contributed by atoms with Crippen LogP contribution in [0, 0.1) is 0 Å². The minimum Gasteiger partial charge on any atom is -0.366 e. The van der Waals surface area contributed by atoms with Gasteiger partial charge in [-0.2, -0.15) is 0 Å². The molecule has 0 saturated carbocycles. The molecule has 0 atom stereocenters. The second-order valence-electron chi connectivity index (χ2n) is 6.85. The molecule has 0 aliphatic carbocycles. The van der Waals surface area contributed by atoms with E-state index >= 15 is 0 Å². The van der Waals surface area contributed by atoms with Gasteiger partial charge in [0.1, 0.15) is 5.82 Å². The highest BCUT2D eigenvalue weighted by molar-refractivity contribution is 6.00. The Labute approximate surface area is 161 Å². The van der Waals surface area contributed by atoms with Gasteiger partial charge >= 0.3 is 0 Å². The van der Waals surface area contributed by atoms with E-state index in [-0.39, 0.29) is 17.9 Å². The molecule has 2 heterocycles. The summed E-state index contributed by atoms with van der Waals surface area (Å²) in [6.07, 6.45) is 2.04. The van der Waals surface area contributed by atoms with Crippen molar-refractivity contribution in [2.75, 3.05) is 11.4 Å². The molecule has 3 N–H and O–H groups in total. The third-order valence-corrected chi connectivity index (χ3v) is 5.05. The van der Waals surface area contributed by atoms with Gasteiger partial charge in [0.25, 0.3) is 5.56 Å². The molecule has 28 heavy (non-hydrogen) atoms. The number of hydrogen-bond acceptors (Lipinski definition) is 4. The average Bonchev–Trinajstić information content (AvgIpc) is 2.71. The molecule has 0 bridgehead atoms. The summed E-state index contributed by atoms with van der Waals surface area (Å²) in [6.45, 7) is 0.593. The van der Waals surface area contributed by atoms with E-state index in [1.54, 1.807) is 35.2 Å². The Morgan fingerprint density at radius 1 is 1.14 bits per heavy atom. The van der Waals surface area contributed by atoms with Crippen LogP contribution in [-0.2, 0) is 17.6 Å². The fraction of sp³-hybridized carbons (Fsp3) is 0.238. The van der Waals surface area contributed by atoms with Gasteiger partial charge in [0.15, 0.2) is 0 Å². The van der Waals surface area contributed by atoms with E-state index in [4.69, 9.17) is 5.73 Å². The first kappa shape index (κ1) is 17.9. The molecule has 2 aromatic carbocycles. The predicted octanol–water partition coefficient (Wildman–Crippen LogP) is 1.93. The van der Waals surface area contributed by atoms with E-state index in [0.29, 0.717) is 35.3 Å². The average molecular weight is 376 g/mol. The number of aromatic nitrogens is 2. The molecule has 3 aromatic rings. The number of anilines is 1. The molecule has 142 valence electrons. The van der Waals surface area contributed by atoms with Crippen molar-refractivity contribution >= 4 is 28.4 Å². The van der Waals surface area contributed by atoms with Crippen molar-refractivity contribution in [2.45, 2.75) is 25.7 Å². The number of nitrogens with zero attached hydrogens (tertiary/aromatic N) is 2. The largest absolute Gasteiger partial charge is 0.366 e.